The zero-order chi connectivity index (χ0) is 18.8. The quantitative estimate of drug-likeness (QED) is 0.556. The van der Waals surface area contributed by atoms with Crippen LogP contribution in [0.5, 0.6) is 11.5 Å². The van der Waals surface area contributed by atoms with Gasteiger partial charge in [0.05, 0.1) is 11.4 Å². The van der Waals surface area contributed by atoms with Gasteiger partial charge in [-0.2, -0.15) is 0 Å². The Labute approximate surface area is 156 Å². The molecule has 1 aromatic heterocycles. The van der Waals surface area contributed by atoms with Gasteiger partial charge in [0.25, 0.3) is 5.91 Å². The van der Waals surface area contributed by atoms with Crippen molar-refractivity contribution in [1.29, 1.82) is 0 Å². The van der Waals surface area contributed by atoms with Crippen LogP contribution in [0.2, 0.25) is 0 Å². The fourth-order valence-corrected chi connectivity index (χ4v) is 2.96. The van der Waals surface area contributed by atoms with E-state index in [0.717, 1.165) is 22.2 Å². The van der Waals surface area contributed by atoms with E-state index in [1.54, 1.807) is 6.92 Å². The normalized spacial score (nSPS) is 13.0. The van der Waals surface area contributed by atoms with E-state index >= 15 is 0 Å². The van der Waals surface area contributed by atoms with E-state index in [2.05, 4.69) is 10.5 Å². The number of hydrogen-bond acceptors (Lipinski definition) is 5. The van der Waals surface area contributed by atoms with Crippen LogP contribution in [-0.2, 0) is 16.7 Å². The first-order valence-electron chi connectivity index (χ1n) is 8.52. The first-order valence-corrected chi connectivity index (χ1v) is 8.52. The predicted molar refractivity (Wildman–Crippen MR) is 102 cm³/mol. The highest BCUT2D eigenvalue weighted by atomic mass is 16.7. The predicted octanol–water partition coefficient (Wildman–Crippen LogP) is 3.29. The van der Waals surface area contributed by atoms with Gasteiger partial charge in [-0.25, -0.2) is 0 Å². The van der Waals surface area contributed by atoms with E-state index < -0.39 is 0 Å². The molecular weight excluding hydrogens is 346 g/mol. The largest absolute Gasteiger partial charge is 0.454 e. The lowest BCUT2D eigenvalue weighted by Gasteiger charge is -2.07. The van der Waals surface area contributed by atoms with Crippen molar-refractivity contribution in [3.63, 3.8) is 0 Å². The molecule has 138 valence electrons. The zero-order valence-corrected chi connectivity index (χ0v) is 15.1. The second-order valence-electron chi connectivity index (χ2n) is 6.23. The highest BCUT2D eigenvalue weighted by molar-refractivity contribution is 6.02. The van der Waals surface area contributed by atoms with Crippen LogP contribution in [-0.4, -0.2) is 29.6 Å². The number of ether oxygens (including phenoxy) is 2. The Kier molecular flexibility index (Phi) is 4.42. The van der Waals surface area contributed by atoms with Crippen molar-refractivity contribution >= 4 is 28.2 Å². The molecule has 27 heavy (non-hydrogen) atoms. The minimum atomic E-state index is -0.270. The number of hydrogen-bond donors (Lipinski definition) is 1. The standard InChI is InChI=1S/C20H19N3O4/c1-13(14-6-7-18-19(10-14)26-12-25-18)22-27-11-20(24)21-16-4-3-5-17-15(16)8-9-23(17)2/h3-10H,11-12H2,1-2H3,(H,21,24). The summed E-state index contributed by atoms with van der Waals surface area (Å²) in [7, 11) is 1.96. The molecule has 4 rings (SSSR count). The van der Waals surface area contributed by atoms with Crippen molar-refractivity contribution in [2.24, 2.45) is 12.2 Å². The van der Waals surface area contributed by atoms with Gasteiger partial charge < -0.3 is 24.2 Å². The van der Waals surface area contributed by atoms with Crippen LogP contribution in [0.1, 0.15) is 12.5 Å². The Morgan fingerprint density at radius 3 is 2.96 bits per heavy atom. The number of nitrogens with one attached hydrogen (secondary N) is 1. The average molecular weight is 365 g/mol. The van der Waals surface area contributed by atoms with E-state index in [0.29, 0.717) is 17.2 Å². The van der Waals surface area contributed by atoms with Gasteiger partial charge in [-0.05, 0) is 43.3 Å². The maximum absolute atomic E-state index is 12.2. The summed E-state index contributed by atoms with van der Waals surface area (Å²) in [6.07, 6.45) is 1.95. The van der Waals surface area contributed by atoms with Crippen molar-refractivity contribution in [2.75, 3.05) is 18.7 Å². The molecule has 0 fully saturated rings. The second-order valence-corrected chi connectivity index (χ2v) is 6.23. The summed E-state index contributed by atoms with van der Waals surface area (Å²) in [4.78, 5) is 17.4. The van der Waals surface area contributed by atoms with Gasteiger partial charge in [0.1, 0.15) is 0 Å². The molecule has 0 saturated heterocycles. The van der Waals surface area contributed by atoms with Crippen LogP contribution in [0.4, 0.5) is 5.69 Å². The molecule has 1 aliphatic heterocycles. The second kappa shape index (κ2) is 7.03. The highest BCUT2D eigenvalue weighted by Crippen LogP contribution is 2.32. The van der Waals surface area contributed by atoms with E-state index in [4.69, 9.17) is 14.3 Å². The minimum absolute atomic E-state index is 0.175. The SMILES string of the molecule is CC(=NOCC(=O)Nc1cccc2c1ccn2C)c1ccc2c(c1)OCO2. The van der Waals surface area contributed by atoms with Crippen molar-refractivity contribution in [3.8, 4) is 11.5 Å². The van der Waals surface area contributed by atoms with Gasteiger partial charge in [-0.3, -0.25) is 4.79 Å². The van der Waals surface area contributed by atoms with Crippen LogP contribution in [0.3, 0.4) is 0 Å². The van der Waals surface area contributed by atoms with Gasteiger partial charge in [0.15, 0.2) is 18.1 Å². The third kappa shape index (κ3) is 3.44. The molecule has 1 aliphatic rings. The first kappa shape index (κ1) is 17.0. The minimum Gasteiger partial charge on any atom is -0.454 e. The van der Waals surface area contributed by atoms with Crippen molar-refractivity contribution < 1.29 is 19.1 Å². The number of aromatic nitrogens is 1. The molecule has 0 saturated carbocycles. The summed E-state index contributed by atoms with van der Waals surface area (Å²) in [6.45, 7) is 1.85. The molecule has 7 heteroatoms. The summed E-state index contributed by atoms with van der Waals surface area (Å²) >= 11 is 0. The Morgan fingerprint density at radius 1 is 1.22 bits per heavy atom. The Morgan fingerprint density at radius 2 is 2.07 bits per heavy atom. The lowest BCUT2D eigenvalue weighted by atomic mass is 10.1. The van der Waals surface area contributed by atoms with Gasteiger partial charge in [-0.15, -0.1) is 0 Å². The van der Waals surface area contributed by atoms with Crippen LogP contribution in [0.25, 0.3) is 10.9 Å². The van der Waals surface area contributed by atoms with E-state index in [-0.39, 0.29) is 19.3 Å². The van der Waals surface area contributed by atoms with Crippen LogP contribution in [0, 0.1) is 0 Å². The third-order valence-electron chi connectivity index (χ3n) is 4.39. The fourth-order valence-electron chi connectivity index (χ4n) is 2.96. The van der Waals surface area contributed by atoms with E-state index in [1.807, 2.05) is 60.3 Å². The number of fused-ring (bicyclic) bond motifs is 2. The molecule has 1 amide bonds. The lowest BCUT2D eigenvalue weighted by Crippen LogP contribution is -2.17. The zero-order valence-electron chi connectivity index (χ0n) is 15.1. The van der Waals surface area contributed by atoms with Gasteiger partial charge in [0.2, 0.25) is 6.79 Å². The number of benzene rings is 2. The number of oxime groups is 1. The molecule has 2 aromatic carbocycles. The number of amides is 1. The molecule has 0 radical (unpaired) electrons. The van der Waals surface area contributed by atoms with Crippen LogP contribution in [0.15, 0.2) is 53.8 Å². The number of anilines is 1. The van der Waals surface area contributed by atoms with Crippen molar-refractivity contribution in [1.82, 2.24) is 4.57 Å². The number of carbonyl (C=O) groups is 1. The molecular formula is C20H19N3O4. The number of carbonyl (C=O) groups excluding carboxylic acids is 1. The summed E-state index contributed by atoms with van der Waals surface area (Å²) in [5.41, 5.74) is 3.28. The van der Waals surface area contributed by atoms with Gasteiger partial charge in [-0.1, -0.05) is 11.2 Å². The summed E-state index contributed by atoms with van der Waals surface area (Å²) < 4.78 is 12.6. The third-order valence-corrected chi connectivity index (χ3v) is 4.39. The Balaban J connectivity index is 1.38. The van der Waals surface area contributed by atoms with E-state index in [1.165, 1.54) is 0 Å². The molecule has 0 atom stereocenters. The van der Waals surface area contributed by atoms with Gasteiger partial charge >= 0.3 is 0 Å². The van der Waals surface area contributed by atoms with Crippen LogP contribution >= 0.6 is 0 Å². The monoisotopic (exact) mass is 365 g/mol. The molecule has 2 heterocycles. The molecule has 0 unspecified atom stereocenters. The number of aryl methyl sites for hydroxylation is 1. The molecule has 0 bridgehead atoms. The number of nitrogens with zero attached hydrogens (tertiary/aromatic N) is 2. The van der Waals surface area contributed by atoms with Gasteiger partial charge in [0, 0.05) is 29.7 Å². The Hall–Kier alpha value is -3.48. The summed E-state index contributed by atoms with van der Waals surface area (Å²) in [5, 5.41) is 7.87. The number of rotatable bonds is 5. The Bertz CT molecular complexity index is 1040. The van der Waals surface area contributed by atoms with Crippen molar-refractivity contribution in [2.45, 2.75) is 6.92 Å². The molecule has 0 spiro atoms. The maximum atomic E-state index is 12.2. The van der Waals surface area contributed by atoms with Crippen LogP contribution < -0.4 is 14.8 Å². The summed E-state index contributed by atoms with van der Waals surface area (Å²) in [6, 6.07) is 13.3. The highest BCUT2D eigenvalue weighted by Gasteiger charge is 2.14. The topological polar surface area (TPSA) is 74.1 Å². The molecule has 3 aromatic rings. The molecule has 0 aliphatic carbocycles. The molecule has 1 N–H and O–H groups in total. The molecule has 7 nitrogen and oxygen atoms in total. The fraction of sp³-hybridized carbons (Fsp3) is 0.200. The van der Waals surface area contributed by atoms with Crippen molar-refractivity contribution in [3.05, 3.63) is 54.2 Å². The summed E-state index contributed by atoms with van der Waals surface area (Å²) in [5.74, 6) is 1.12. The smallest absolute Gasteiger partial charge is 0.265 e. The average Bonchev–Trinajstić information content (AvgIpc) is 3.28. The maximum Gasteiger partial charge on any atom is 0.265 e. The van der Waals surface area contributed by atoms with E-state index in [9.17, 15) is 4.79 Å². The first-order chi connectivity index (χ1) is 13.1. The lowest BCUT2D eigenvalue weighted by molar-refractivity contribution is -0.120.